The standard InChI is InChI=1S/C60H62BN3O/c1-37-33-49-52-50(34-37)63(41-29-25-39(26-30-41)57(5,6)7)55-53(51-54(65-55)43-21-15-16-22-44(43)58(51,8)9)61(52)46-36-47-45(35-48(46)62(49)40-27-23-38(24-28-40)56(2,3)4)59(10)31-17-18-32-60(59,11)64(47)42-19-13-12-14-20-42/h12-16,19-30,33-36H,17-18,31-32H2,1-11H3. The molecule has 326 valence electrons. The zero-order valence-electron chi connectivity index (χ0n) is 40.3. The highest BCUT2D eigenvalue weighted by molar-refractivity contribution is 7.00. The second-order valence-electron chi connectivity index (χ2n) is 23.0. The van der Waals surface area contributed by atoms with E-state index in [1.165, 1.54) is 102 Å². The van der Waals surface area contributed by atoms with Gasteiger partial charge in [0.05, 0.1) is 5.54 Å². The summed E-state index contributed by atoms with van der Waals surface area (Å²) in [5, 5.41) is 0. The summed E-state index contributed by atoms with van der Waals surface area (Å²) in [5.41, 5.74) is 21.5. The van der Waals surface area contributed by atoms with Gasteiger partial charge in [-0.1, -0.05) is 142 Å². The average molecular weight is 852 g/mol. The molecule has 3 aliphatic heterocycles. The van der Waals surface area contributed by atoms with Gasteiger partial charge in [0.25, 0.3) is 6.71 Å². The summed E-state index contributed by atoms with van der Waals surface area (Å²) >= 11 is 0. The van der Waals surface area contributed by atoms with E-state index in [0.717, 1.165) is 30.2 Å². The molecule has 0 N–H and O–H groups in total. The SMILES string of the molecule is Cc1cc2c3c(c1)N(c1ccc(C(C)(C)C)cc1)c1oc4c(c1B3c1cc3c(cc1N2c1ccc(C(C)(C)C)cc1)C1(C)CCCCC1(C)N3c1ccccc1)C(C)(C)c1ccccc1-4. The fourth-order valence-electron chi connectivity index (χ4n) is 13.1. The monoisotopic (exact) mass is 851 g/mol. The Balaban J connectivity index is 1.21. The molecule has 0 amide bonds. The second kappa shape index (κ2) is 13.3. The lowest BCUT2D eigenvalue weighted by Crippen LogP contribution is -2.62. The van der Waals surface area contributed by atoms with Crippen molar-refractivity contribution < 1.29 is 4.42 Å². The van der Waals surface area contributed by atoms with Crippen LogP contribution in [-0.2, 0) is 21.7 Å². The van der Waals surface area contributed by atoms with Crippen LogP contribution in [0.2, 0.25) is 0 Å². The predicted octanol–water partition coefficient (Wildman–Crippen LogP) is 14.3. The van der Waals surface area contributed by atoms with Crippen LogP contribution in [-0.4, -0.2) is 12.3 Å². The topological polar surface area (TPSA) is 22.9 Å². The van der Waals surface area contributed by atoms with Crippen LogP contribution in [0.5, 0.6) is 0 Å². The van der Waals surface area contributed by atoms with Crippen LogP contribution in [0.15, 0.2) is 132 Å². The zero-order valence-corrected chi connectivity index (χ0v) is 40.3. The van der Waals surface area contributed by atoms with Gasteiger partial charge < -0.3 is 14.2 Å². The lowest BCUT2D eigenvalue weighted by molar-refractivity contribution is 0.195. The highest BCUT2D eigenvalue weighted by Crippen LogP contribution is 2.62. The molecule has 6 aromatic carbocycles. The van der Waals surface area contributed by atoms with Crippen molar-refractivity contribution in [1.82, 2.24) is 0 Å². The van der Waals surface area contributed by atoms with E-state index in [1.54, 1.807) is 0 Å². The molecule has 2 aliphatic carbocycles. The number of anilines is 8. The summed E-state index contributed by atoms with van der Waals surface area (Å²) < 4.78 is 7.53. The van der Waals surface area contributed by atoms with Crippen LogP contribution in [0.1, 0.15) is 128 Å². The normalized spacial score (nSPS) is 21.0. The number of hydrogen-bond acceptors (Lipinski definition) is 4. The summed E-state index contributed by atoms with van der Waals surface area (Å²) in [6.45, 7) is 26.0. The van der Waals surface area contributed by atoms with Crippen molar-refractivity contribution in [2.75, 3.05) is 14.7 Å². The maximum Gasteiger partial charge on any atom is 0.257 e. The van der Waals surface area contributed by atoms with E-state index >= 15 is 0 Å². The lowest BCUT2D eigenvalue weighted by Gasteiger charge is -2.50. The Morgan fingerprint density at radius 1 is 0.554 bits per heavy atom. The Labute approximate surface area is 387 Å². The third kappa shape index (κ3) is 5.45. The molecule has 1 aromatic heterocycles. The highest BCUT2D eigenvalue weighted by atomic mass is 16.4. The first-order valence-corrected chi connectivity index (χ1v) is 24.2. The van der Waals surface area contributed by atoms with E-state index in [0.29, 0.717) is 0 Å². The Morgan fingerprint density at radius 3 is 1.78 bits per heavy atom. The van der Waals surface area contributed by atoms with Gasteiger partial charge in [-0.25, -0.2) is 0 Å². The number of aryl methyl sites for hydroxylation is 1. The third-order valence-corrected chi connectivity index (χ3v) is 16.7. The van der Waals surface area contributed by atoms with Crippen molar-refractivity contribution in [2.24, 2.45) is 0 Å². The highest BCUT2D eigenvalue weighted by Gasteiger charge is 2.59. The van der Waals surface area contributed by atoms with E-state index in [1.807, 2.05) is 0 Å². The van der Waals surface area contributed by atoms with Gasteiger partial charge in [-0.3, -0.25) is 4.90 Å². The van der Waals surface area contributed by atoms with Crippen molar-refractivity contribution in [1.29, 1.82) is 0 Å². The summed E-state index contributed by atoms with van der Waals surface area (Å²) in [7, 11) is 0. The van der Waals surface area contributed by atoms with Gasteiger partial charge in [0, 0.05) is 61.8 Å². The molecule has 0 radical (unpaired) electrons. The fourth-order valence-corrected chi connectivity index (χ4v) is 13.1. The van der Waals surface area contributed by atoms with Crippen LogP contribution in [0.25, 0.3) is 11.3 Å². The minimum absolute atomic E-state index is 0.0328. The number of nitrogens with zero attached hydrogens (tertiary/aromatic N) is 3. The number of furan rings is 1. The first-order valence-electron chi connectivity index (χ1n) is 24.2. The molecule has 7 aromatic rings. The fraction of sp³-hybridized carbons (Fsp3) is 0.333. The van der Waals surface area contributed by atoms with Gasteiger partial charge in [0.2, 0.25) is 5.88 Å². The summed E-state index contributed by atoms with van der Waals surface area (Å²) in [4.78, 5) is 7.85. The van der Waals surface area contributed by atoms with Crippen LogP contribution in [0.3, 0.4) is 0 Å². The van der Waals surface area contributed by atoms with Gasteiger partial charge in [0.15, 0.2) is 0 Å². The van der Waals surface area contributed by atoms with Crippen molar-refractivity contribution in [3.05, 3.63) is 161 Å². The minimum atomic E-state index is -0.282. The summed E-state index contributed by atoms with van der Waals surface area (Å²) in [5.74, 6) is 1.95. The molecule has 12 rings (SSSR count). The quantitative estimate of drug-likeness (QED) is 0.165. The third-order valence-electron chi connectivity index (χ3n) is 16.7. The first-order chi connectivity index (χ1) is 30.9. The van der Waals surface area contributed by atoms with E-state index in [4.69, 9.17) is 4.42 Å². The molecule has 0 bridgehead atoms. The average Bonchev–Trinajstić information content (AvgIpc) is 3.84. The van der Waals surface area contributed by atoms with Crippen molar-refractivity contribution in [3.8, 4) is 11.3 Å². The number of fused-ring (bicyclic) bond motifs is 11. The van der Waals surface area contributed by atoms with Crippen LogP contribution >= 0.6 is 0 Å². The lowest BCUT2D eigenvalue weighted by atomic mass is 9.32. The predicted molar refractivity (Wildman–Crippen MR) is 275 cm³/mol. The maximum absolute atomic E-state index is 7.53. The maximum atomic E-state index is 7.53. The van der Waals surface area contributed by atoms with E-state index in [9.17, 15) is 0 Å². The van der Waals surface area contributed by atoms with Crippen LogP contribution < -0.4 is 31.1 Å². The number of rotatable bonds is 3. The Bertz CT molecular complexity index is 3090. The van der Waals surface area contributed by atoms with Crippen molar-refractivity contribution >= 4 is 68.8 Å². The van der Waals surface area contributed by atoms with Gasteiger partial charge in [-0.05, 0) is 142 Å². The van der Waals surface area contributed by atoms with Gasteiger partial charge in [-0.2, -0.15) is 0 Å². The molecule has 65 heavy (non-hydrogen) atoms. The minimum Gasteiger partial charge on any atom is -0.440 e. The van der Waals surface area contributed by atoms with E-state index < -0.39 is 0 Å². The Morgan fingerprint density at radius 2 is 1.14 bits per heavy atom. The Kier molecular flexibility index (Phi) is 8.32. The van der Waals surface area contributed by atoms with Gasteiger partial charge in [0.1, 0.15) is 5.76 Å². The molecule has 2 unspecified atom stereocenters. The smallest absolute Gasteiger partial charge is 0.257 e. The second-order valence-corrected chi connectivity index (χ2v) is 23.0. The summed E-state index contributed by atoms with van der Waals surface area (Å²) in [6.07, 6.45) is 4.79. The molecular formula is C60H62BN3O. The number of benzene rings is 6. The number of hydrogen-bond donors (Lipinski definition) is 0. The molecular weight excluding hydrogens is 789 g/mol. The van der Waals surface area contributed by atoms with Crippen LogP contribution in [0, 0.1) is 6.92 Å². The molecule has 2 atom stereocenters. The molecule has 5 heteroatoms. The molecule has 4 heterocycles. The van der Waals surface area contributed by atoms with E-state index in [-0.39, 0.29) is 33.9 Å². The van der Waals surface area contributed by atoms with Crippen molar-refractivity contribution in [3.63, 3.8) is 0 Å². The molecule has 0 saturated heterocycles. The first kappa shape index (κ1) is 40.6. The number of para-hydroxylation sites is 1. The van der Waals surface area contributed by atoms with Crippen LogP contribution in [0.4, 0.5) is 45.7 Å². The molecule has 4 nitrogen and oxygen atoms in total. The van der Waals surface area contributed by atoms with Gasteiger partial charge in [-0.15, -0.1) is 0 Å². The molecule has 1 fully saturated rings. The molecule has 1 saturated carbocycles. The molecule has 0 spiro atoms. The summed E-state index contributed by atoms with van der Waals surface area (Å²) in [6, 6.07) is 49.1. The largest absolute Gasteiger partial charge is 0.440 e. The van der Waals surface area contributed by atoms with Gasteiger partial charge >= 0.3 is 0 Å². The van der Waals surface area contributed by atoms with Crippen molar-refractivity contribution in [2.45, 2.75) is 129 Å². The Hall–Kier alpha value is -5.94. The van der Waals surface area contributed by atoms with E-state index in [2.05, 4.69) is 218 Å². The zero-order chi connectivity index (χ0) is 45.2. The molecule has 5 aliphatic rings.